The van der Waals surface area contributed by atoms with Gasteiger partial charge in [0.05, 0.1) is 33.5 Å². The Morgan fingerprint density at radius 2 is 2.11 bits per heavy atom. The number of methoxy groups -OCH3 is 2. The minimum atomic E-state index is 0.482. The maximum Gasteiger partial charge on any atom is 0.242 e. The van der Waals surface area contributed by atoms with E-state index in [0.717, 1.165) is 0 Å². The van der Waals surface area contributed by atoms with E-state index in [-0.39, 0.29) is 0 Å². The zero-order valence-electron chi connectivity index (χ0n) is 10.9. The lowest BCUT2D eigenvalue weighted by Gasteiger charge is -2.05. The number of nitrogens with one attached hydrogen (secondary N) is 1. The van der Waals surface area contributed by atoms with Crippen LogP contribution in [-0.4, -0.2) is 53.6 Å². The molecule has 0 spiro atoms. The van der Waals surface area contributed by atoms with Gasteiger partial charge in [-0.15, -0.1) is 0 Å². The van der Waals surface area contributed by atoms with Crippen LogP contribution in [0, 0.1) is 4.77 Å². The van der Waals surface area contributed by atoms with Gasteiger partial charge in [0.1, 0.15) is 11.8 Å². The fourth-order valence-electron chi connectivity index (χ4n) is 1.71. The van der Waals surface area contributed by atoms with Gasteiger partial charge in [-0.1, -0.05) is 0 Å². The average Bonchev–Trinajstić information content (AvgIpc) is 2.74. The lowest BCUT2D eigenvalue weighted by molar-refractivity contribution is 0.0668. The van der Waals surface area contributed by atoms with E-state index in [1.54, 1.807) is 14.2 Å². The molecule has 0 fully saturated rings. The number of ether oxygens (including phenoxy) is 3. The van der Waals surface area contributed by atoms with Crippen LogP contribution >= 0.6 is 12.2 Å². The van der Waals surface area contributed by atoms with Gasteiger partial charge in [0.2, 0.25) is 5.88 Å². The zero-order valence-corrected chi connectivity index (χ0v) is 11.7. The predicted octanol–water partition coefficient (Wildman–Crippen LogP) is 1.16. The van der Waals surface area contributed by atoms with Crippen LogP contribution in [-0.2, 0) is 16.0 Å². The largest absolute Gasteiger partial charge is 0.479 e. The summed E-state index contributed by atoms with van der Waals surface area (Å²) in [4.78, 5) is 11.3. The van der Waals surface area contributed by atoms with Crippen LogP contribution in [0.15, 0.2) is 6.33 Å². The molecular formula is C11H16N4O3S. The Morgan fingerprint density at radius 1 is 1.26 bits per heavy atom. The summed E-state index contributed by atoms with van der Waals surface area (Å²) >= 11 is 5.27. The minimum absolute atomic E-state index is 0.482. The molecule has 0 aromatic carbocycles. The minimum Gasteiger partial charge on any atom is -0.479 e. The molecule has 2 rings (SSSR count). The molecule has 0 aliphatic heterocycles. The van der Waals surface area contributed by atoms with Crippen molar-refractivity contribution in [3.05, 3.63) is 11.1 Å². The first-order chi connectivity index (χ1) is 9.27. The third-order valence-corrected chi connectivity index (χ3v) is 2.93. The number of imidazole rings is 1. The topological polar surface area (TPSA) is 74.2 Å². The molecule has 0 bridgehead atoms. The number of rotatable bonds is 7. The van der Waals surface area contributed by atoms with Crippen molar-refractivity contribution in [3.8, 4) is 5.88 Å². The van der Waals surface area contributed by atoms with Crippen molar-refractivity contribution < 1.29 is 14.2 Å². The SMILES string of the molecule is COCCOCCn1c(=S)[nH]c2c(OC)ncnc21. The second kappa shape index (κ2) is 6.60. The first kappa shape index (κ1) is 13.9. The lowest BCUT2D eigenvalue weighted by atomic mass is 10.5. The maximum atomic E-state index is 5.43. The lowest BCUT2D eigenvalue weighted by Crippen LogP contribution is -2.09. The number of hydrogen-bond acceptors (Lipinski definition) is 6. The summed E-state index contributed by atoms with van der Waals surface area (Å²) in [7, 11) is 3.20. The molecule has 8 heteroatoms. The fraction of sp³-hybridized carbons (Fsp3) is 0.545. The first-order valence-electron chi connectivity index (χ1n) is 5.82. The van der Waals surface area contributed by atoms with Crippen molar-refractivity contribution in [2.75, 3.05) is 34.0 Å². The van der Waals surface area contributed by atoms with Gasteiger partial charge >= 0.3 is 0 Å². The molecule has 2 aromatic heterocycles. The van der Waals surface area contributed by atoms with E-state index < -0.39 is 0 Å². The van der Waals surface area contributed by atoms with Crippen LogP contribution in [0.5, 0.6) is 5.88 Å². The molecule has 7 nitrogen and oxygen atoms in total. The summed E-state index contributed by atoms with van der Waals surface area (Å²) in [5, 5.41) is 0. The summed E-state index contributed by atoms with van der Waals surface area (Å²) in [5.74, 6) is 0.482. The molecule has 1 N–H and O–H groups in total. The summed E-state index contributed by atoms with van der Waals surface area (Å²) in [6, 6.07) is 0. The van der Waals surface area contributed by atoms with E-state index in [2.05, 4.69) is 15.0 Å². The van der Waals surface area contributed by atoms with Crippen molar-refractivity contribution in [3.63, 3.8) is 0 Å². The van der Waals surface area contributed by atoms with E-state index in [4.69, 9.17) is 26.4 Å². The zero-order chi connectivity index (χ0) is 13.7. The van der Waals surface area contributed by atoms with E-state index in [1.165, 1.54) is 6.33 Å². The molecule has 0 radical (unpaired) electrons. The highest BCUT2D eigenvalue weighted by molar-refractivity contribution is 7.71. The van der Waals surface area contributed by atoms with Gasteiger partial charge in [-0.05, 0) is 12.2 Å². The van der Waals surface area contributed by atoms with Gasteiger partial charge < -0.3 is 19.2 Å². The molecule has 2 heterocycles. The Labute approximate surface area is 115 Å². The van der Waals surface area contributed by atoms with Crippen molar-refractivity contribution in [2.45, 2.75) is 6.54 Å². The third kappa shape index (κ3) is 3.09. The standard InChI is InChI=1S/C11H16N4O3S/c1-16-5-6-18-4-3-15-9-8(14-11(15)19)10(17-2)13-7-12-9/h7H,3-6H2,1-2H3,(H,14,19). The van der Waals surface area contributed by atoms with E-state index >= 15 is 0 Å². The molecule has 0 unspecified atom stereocenters. The smallest absolute Gasteiger partial charge is 0.242 e. The van der Waals surface area contributed by atoms with Crippen LogP contribution in [0.1, 0.15) is 0 Å². The summed E-state index contributed by atoms with van der Waals surface area (Å²) in [6.07, 6.45) is 1.45. The molecule has 19 heavy (non-hydrogen) atoms. The van der Waals surface area contributed by atoms with Crippen LogP contribution in [0.2, 0.25) is 0 Å². The molecule has 2 aromatic rings. The molecule has 0 aliphatic rings. The van der Waals surface area contributed by atoms with Crippen molar-refractivity contribution >= 4 is 23.4 Å². The van der Waals surface area contributed by atoms with Crippen molar-refractivity contribution in [2.24, 2.45) is 0 Å². The quantitative estimate of drug-likeness (QED) is 0.607. The van der Waals surface area contributed by atoms with Gasteiger partial charge in [0.25, 0.3) is 0 Å². The van der Waals surface area contributed by atoms with Crippen molar-refractivity contribution in [1.29, 1.82) is 0 Å². The molecule has 0 amide bonds. The average molecular weight is 284 g/mol. The van der Waals surface area contributed by atoms with E-state index in [9.17, 15) is 0 Å². The second-order valence-electron chi connectivity index (χ2n) is 3.77. The van der Waals surface area contributed by atoms with Gasteiger partial charge in [0, 0.05) is 7.11 Å². The molecule has 0 aliphatic carbocycles. The number of aromatic amines is 1. The Bertz CT molecular complexity index is 595. The van der Waals surface area contributed by atoms with Crippen molar-refractivity contribution in [1.82, 2.24) is 19.5 Å². The van der Waals surface area contributed by atoms with Gasteiger partial charge in [-0.3, -0.25) is 4.57 Å². The number of aromatic nitrogens is 4. The van der Waals surface area contributed by atoms with Gasteiger partial charge in [0.15, 0.2) is 10.4 Å². The summed E-state index contributed by atoms with van der Waals surface area (Å²) < 4.78 is 17.9. The number of nitrogens with zero attached hydrogens (tertiary/aromatic N) is 3. The highest BCUT2D eigenvalue weighted by Crippen LogP contribution is 2.19. The van der Waals surface area contributed by atoms with E-state index in [0.29, 0.717) is 48.2 Å². The van der Waals surface area contributed by atoms with Crippen LogP contribution in [0.4, 0.5) is 0 Å². The second-order valence-corrected chi connectivity index (χ2v) is 4.16. The number of hydrogen-bond donors (Lipinski definition) is 1. The molecule has 104 valence electrons. The maximum absolute atomic E-state index is 5.43. The fourth-order valence-corrected chi connectivity index (χ4v) is 1.99. The van der Waals surface area contributed by atoms with E-state index in [1.807, 2.05) is 4.57 Å². The van der Waals surface area contributed by atoms with Gasteiger partial charge in [-0.2, -0.15) is 4.98 Å². The number of H-pyrrole nitrogens is 1. The Balaban J connectivity index is 2.14. The molecule has 0 saturated heterocycles. The summed E-state index contributed by atoms with van der Waals surface area (Å²) in [6.45, 7) is 2.29. The predicted molar refractivity (Wildman–Crippen MR) is 72.0 cm³/mol. The Kier molecular flexibility index (Phi) is 4.83. The highest BCUT2D eigenvalue weighted by Gasteiger charge is 2.10. The Hall–Kier alpha value is -1.51. The monoisotopic (exact) mass is 284 g/mol. The first-order valence-corrected chi connectivity index (χ1v) is 6.23. The van der Waals surface area contributed by atoms with Crippen LogP contribution in [0.3, 0.4) is 0 Å². The molecule has 0 atom stereocenters. The normalized spacial score (nSPS) is 11.1. The van der Waals surface area contributed by atoms with Gasteiger partial charge in [-0.25, -0.2) is 4.98 Å². The highest BCUT2D eigenvalue weighted by atomic mass is 32.1. The number of fused-ring (bicyclic) bond motifs is 1. The third-order valence-electron chi connectivity index (χ3n) is 2.61. The Morgan fingerprint density at radius 3 is 2.84 bits per heavy atom. The summed E-state index contributed by atoms with van der Waals surface area (Å²) in [5.41, 5.74) is 1.42. The van der Waals surface area contributed by atoms with Crippen LogP contribution in [0.25, 0.3) is 11.2 Å². The molecular weight excluding hydrogens is 268 g/mol. The van der Waals surface area contributed by atoms with Crippen LogP contribution < -0.4 is 4.74 Å². The molecule has 0 saturated carbocycles.